The molecule has 1 saturated carbocycles. The van der Waals surface area contributed by atoms with Crippen molar-refractivity contribution in [2.45, 2.75) is 71.1 Å². The molecule has 0 N–H and O–H groups in total. The van der Waals surface area contributed by atoms with Crippen LogP contribution < -0.4 is 0 Å². The van der Waals surface area contributed by atoms with Crippen molar-refractivity contribution in [3.8, 4) is 6.07 Å². The maximum Gasteiger partial charge on any atom is 0.199 e. The first-order valence-corrected chi connectivity index (χ1v) is 10.2. The number of nitriles is 1. The third kappa shape index (κ3) is 7.56. The van der Waals surface area contributed by atoms with Crippen LogP contribution in [0.3, 0.4) is 0 Å². The second-order valence-electron chi connectivity index (χ2n) is 7.60. The number of rotatable bonds is 9. The Bertz CT molecular complexity index is 613. The lowest BCUT2D eigenvalue weighted by molar-refractivity contribution is 0.296. The van der Waals surface area contributed by atoms with Gasteiger partial charge in [-0.25, -0.2) is 0 Å². The highest BCUT2D eigenvalue weighted by Gasteiger charge is 2.19. The molecule has 0 unspecified atom stereocenters. The van der Waals surface area contributed by atoms with Gasteiger partial charge in [-0.1, -0.05) is 56.2 Å². The molecular weight excluding hydrogens is 321 g/mol. The molecule has 0 heterocycles. The van der Waals surface area contributed by atoms with E-state index in [-0.39, 0.29) is 0 Å². The number of unbranched alkanes of at least 4 members (excludes halogenated alkanes) is 2. The van der Waals surface area contributed by atoms with E-state index < -0.39 is 5.83 Å². The van der Waals surface area contributed by atoms with Gasteiger partial charge < -0.3 is 0 Å². The molecule has 1 aliphatic carbocycles. The first-order chi connectivity index (χ1) is 12.7. The van der Waals surface area contributed by atoms with Gasteiger partial charge in [0.2, 0.25) is 0 Å². The van der Waals surface area contributed by atoms with Crippen LogP contribution in [0.25, 0.3) is 0 Å². The van der Waals surface area contributed by atoms with Gasteiger partial charge in [-0.05, 0) is 80.4 Å². The minimum atomic E-state index is -0.716. The van der Waals surface area contributed by atoms with Gasteiger partial charge in [0, 0.05) is 0 Å². The fourth-order valence-corrected chi connectivity index (χ4v) is 3.83. The fourth-order valence-electron chi connectivity index (χ4n) is 3.83. The molecule has 0 bridgehead atoms. The molecule has 0 aliphatic heterocycles. The van der Waals surface area contributed by atoms with Crippen molar-refractivity contribution in [3.05, 3.63) is 59.4 Å². The van der Waals surface area contributed by atoms with E-state index in [0.717, 1.165) is 5.92 Å². The van der Waals surface area contributed by atoms with Gasteiger partial charge in [0.25, 0.3) is 0 Å². The summed E-state index contributed by atoms with van der Waals surface area (Å²) in [6.07, 6.45) is 17.5. The zero-order chi connectivity index (χ0) is 18.6. The van der Waals surface area contributed by atoms with Gasteiger partial charge in [0.1, 0.15) is 6.07 Å². The maximum absolute atomic E-state index is 12.8. The minimum absolute atomic E-state index is 0.538. The van der Waals surface area contributed by atoms with Gasteiger partial charge in [-0.15, -0.1) is 0 Å². The summed E-state index contributed by atoms with van der Waals surface area (Å²) in [7, 11) is 0. The highest BCUT2D eigenvalue weighted by molar-refractivity contribution is 5.23. The predicted molar refractivity (Wildman–Crippen MR) is 107 cm³/mol. The Labute approximate surface area is 158 Å². The van der Waals surface area contributed by atoms with Crippen LogP contribution in [0.1, 0.15) is 69.4 Å². The molecule has 26 heavy (non-hydrogen) atoms. The minimum Gasteiger partial charge on any atom is -0.195 e. The number of allylic oxidation sites excluding steroid dienone is 4. The van der Waals surface area contributed by atoms with E-state index in [1.165, 1.54) is 87.5 Å². The standard InChI is InChI=1S/C24H32FN/c1-2-3-4-6-20-9-13-22(14-10-20)17-18-23-15-11-21(12-16-23)7-5-8-24(25)19-26/h5,7-10,13-14,21,23H,2-4,6,11-12,15-18H2,1H3/b7-5+,24-8-. The Kier molecular flexibility index (Phi) is 9.18. The molecule has 0 amide bonds. The van der Waals surface area contributed by atoms with Crippen molar-refractivity contribution in [2.75, 3.05) is 0 Å². The van der Waals surface area contributed by atoms with Crippen LogP contribution in [0, 0.1) is 23.2 Å². The molecule has 1 aromatic carbocycles. The van der Waals surface area contributed by atoms with Gasteiger partial charge in [0.15, 0.2) is 5.83 Å². The van der Waals surface area contributed by atoms with E-state index in [1.807, 2.05) is 0 Å². The molecule has 2 rings (SSSR count). The lowest BCUT2D eigenvalue weighted by Gasteiger charge is -2.26. The number of nitrogens with zero attached hydrogens (tertiary/aromatic N) is 1. The fraction of sp³-hybridized carbons (Fsp3) is 0.542. The Morgan fingerprint density at radius 1 is 1.08 bits per heavy atom. The molecule has 2 heteroatoms. The van der Waals surface area contributed by atoms with Crippen molar-refractivity contribution in [2.24, 2.45) is 11.8 Å². The van der Waals surface area contributed by atoms with Crippen LogP contribution in [0.5, 0.6) is 0 Å². The Morgan fingerprint density at radius 2 is 1.73 bits per heavy atom. The Balaban J connectivity index is 1.67. The van der Waals surface area contributed by atoms with Crippen LogP contribution in [0.2, 0.25) is 0 Å². The maximum atomic E-state index is 12.8. The summed E-state index contributed by atoms with van der Waals surface area (Å²) in [6, 6.07) is 10.7. The Hall–Kier alpha value is -1.88. The number of halogens is 1. The lowest BCUT2D eigenvalue weighted by Crippen LogP contribution is -2.13. The van der Waals surface area contributed by atoms with Gasteiger partial charge in [-0.2, -0.15) is 9.65 Å². The molecule has 1 fully saturated rings. The summed E-state index contributed by atoms with van der Waals surface area (Å²) in [6.45, 7) is 2.25. The number of hydrogen-bond donors (Lipinski definition) is 0. The quantitative estimate of drug-likeness (QED) is 0.264. The van der Waals surface area contributed by atoms with Gasteiger partial charge in [0.05, 0.1) is 0 Å². The Morgan fingerprint density at radius 3 is 2.35 bits per heavy atom. The third-order valence-electron chi connectivity index (χ3n) is 5.56. The molecule has 1 aromatic rings. The van der Waals surface area contributed by atoms with Crippen LogP contribution in [0.4, 0.5) is 4.39 Å². The third-order valence-corrected chi connectivity index (χ3v) is 5.56. The highest BCUT2D eigenvalue weighted by Crippen LogP contribution is 2.32. The van der Waals surface area contributed by atoms with E-state index in [2.05, 4.69) is 37.3 Å². The van der Waals surface area contributed by atoms with Crippen molar-refractivity contribution in [3.63, 3.8) is 0 Å². The molecule has 0 atom stereocenters. The van der Waals surface area contributed by atoms with Crippen molar-refractivity contribution in [1.82, 2.24) is 0 Å². The molecular formula is C24H32FN. The van der Waals surface area contributed by atoms with Crippen molar-refractivity contribution < 1.29 is 4.39 Å². The second kappa shape index (κ2) is 11.7. The SMILES string of the molecule is CCCCCc1ccc(CCC2CCC(/C=C/C=C(\F)C#N)CC2)cc1. The largest absolute Gasteiger partial charge is 0.199 e. The first-order valence-electron chi connectivity index (χ1n) is 10.2. The molecule has 1 nitrogen and oxygen atoms in total. The number of benzene rings is 1. The first kappa shape index (κ1) is 20.4. The average Bonchev–Trinajstić information content (AvgIpc) is 2.68. The van der Waals surface area contributed by atoms with Crippen molar-refractivity contribution >= 4 is 0 Å². The van der Waals surface area contributed by atoms with Crippen LogP contribution in [-0.4, -0.2) is 0 Å². The number of aryl methyl sites for hydroxylation is 2. The molecule has 0 spiro atoms. The van der Waals surface area contributed by atoms with E-state index in [9.17, 15) is 4.39 Å². The van der Waals surface area contributed by atoms with Crippen LogP contribution in [0.15, 0.2) is 48.3 Å². The van der Waals surface area contributed by atoms with E-state index in [1.54, 1.807) is 6.08 Å². The zero-order valence-corrected chi connectivity index (χ0v) is 16.1. The summed E-state index contributed by atoms with van der Waals surface area (Å²) in [5.74, 6) is 0.637. The topological polar surface area (TPSA) is 23.8 Å². The van der Waals surface area contributed by atoms with Crippen LogP contribution in [-0.2, 0) is 12.8 Å². The summed E-state index contributed by atoms with van der Waals surface area (Å²) in [5.41, 5.74) is 2.93. The summed E-state index contributed by atoms with van der Waals surface area (Å²) < 4.78 is 12.8. The summed E-state index contributed by atoms with van der Waals surface area (Å²) in [5, 5.41) is 8.40. The number of hydrogen-bond acceptors (Lipinski definition) is 1. The smallest absolute Gasteiger partial charge is 0.195 e. The monoisotopic (exact) mass is 353 g/mol. The molecule has 0 radical (unpaired) electrons. The zero-order valence-electron chi connectivity index (χ0n) is 16.1. The normalized spacial score (nSPS) is 21.0. The van der Waals surface area contributed by atoms with Gasteiger partial charge in [-0.3, -0.25) is 0 Å². The second-order valence-corrected chi connectivity index (χ2v) is 7.60. The summed E-state index contributed by atoms with van der Waals surface area (Å²) in [4.78, 5) is 0. The lowest BCUT2D eigenvalue weighted by atomic mass is 9.79. The van der Waals surface area contributed by atoms with E-state index in [4.69, 9.17) is 5.26 Å². The van der Waals surface area contributed by atoms with Crippen LogP contribution >= 0.6 is 0 Å². The van der Waals surface area contributed by atoms with E-state index in [0.29, 0.717) is 5.92 Å². The van der Waals surface area contributed by atoms with E-state index >= 15 is 0 Å². The van der Waals surface area contributed by atoms with Crippen molar-refractivity contribution in [1.29, 1.82) is 5.26 Å². The molecule has 0 saturated heterocycles. The summed E-state index contributed by atoms with van der Waals surface area (Å²) >= 11 is 0. The molecule has 0 aromatic heterocycles. The molecule has 140 valence electrons. The average molecular weight is 354 g/mol. The predicted octanol–water partition coefficient (Wildman–Crippen LogP) is 7.09. The highest BCUT2D eigenvalue weighted by atomic mass is 19.1. The van der Waals surface area contributed by atoms with Gasteiger partial charge >= 0.3 is 0 Å². The molecule has 1 aliphatic rings.